The molecule has 122 valence electrons. The van der Waals surface area contributed by atoms with Crippen LogP contribution in [0.25, 0.3) is 0 Å². The van der Waals surface area contributed by atoms with E-state index in [1.165, 1.54) is 0 Å². The highest BCUT2D eigenvalue weighted by atomic mass is 16.5. The Morgan fingerprint density at radius 1 is 1.19 bits per heavy atom. The summed E-state index contributed by atoms with van der Waals surface area (Å²) in [6.07, 6.45) is 7.22. The van der Waals surface area contributed by atoms with Gasteiger partial charge in [-0.15, -0.1) is 0 Å². The number of hydrogen-bond donors (Lipinski definition) is 2. The molecular formula is C17H31NO3. The highest BCUT2D eigenvalue weighted by Gasteiger charge is 2.68. The van der Waals surface area contributed by atoms with Gasteiger partial charge in [-0.3, -0.25) is 4.79 Å². The number of ether oxygens (including phenoxy) is 1. The number of aliphatic hydroxyl groups is 1. The molecule has 0 aromatic carbocycles. The Balaban J connectivity index is 2.46. The first-order valence-electron chi connectivity index (χ1n) is 8.63. The van der Waals surface area contributed by atoms with Gasteiger partial charge in [-0.05, 0) is 45.4 Å². The molecule has 0 aromatic heterocycles. The molecule has 2 atom stereocenters. The van der Waals surface area contributed by atoms with Gasteiger partial charge >= 0.3 is 0 Å². The number of carbonyl (C=O) groups is 1. The van der Waals surface area contributed by atoms with Crippen LogP contribution in [0.15, 0.2) is 0 Å². The third kappa shape index (κ3) is 2.50. The highest BCUT2D eigenvalue weighted by Crippen LogP contribution is 2.62. The maximum absolute atomic E-state index is 12.9. The second-order valence-electron chi connectivity index (χ2n) is 6.91. The first-order chi connectivity index (χ1) is 10.0. The second kappa shape index (κ2) is 6.25. The van der Waals surface area contributed by atoms with E-state index in [4.69, 9.17) is 4.74 Å². The lowest BCUT2D eigenvalue weighted by Gasteiger charge is -2.43. The molecule has 2 N–H and O–H groups in total. The Labute approximate surface area is 128 Å². The molecule has 1 saturated heterocycles. The van der Waals surface area contributed by atoms with Crippen molar-refractivity contribution in [3.63, 3.8) is 0 Å². The van der Waals surface area contributed by atoms with Crippen molar-refractivity contribution in [2.45, 2.75) is 83.3 Å². The number of hydrogen-bond acceptors (Lipinski definition) is 3. The SMILES string of the molecule is CCCC1(CCC)OC2(CO)CCCC1(C(=O)NCC)C2. The van der Waals surface area contributed by atoms with Crippen molar-refractivity contribution in [2.24, 2.45) is 5.41 Å². The van der Waals surface area contributed by atoms with E-state index in [1.54, 1.807) is 0 Å². The fraction of sp³-hybridized carbons (Fsp3) is 0.941. The average molecular weight is 297 g/mol. The van der Waals surface area contributed by atoms with E-state index in [2.05, 4.69) is 19.2 Å². The standard InChI is InChI=1S/C17H31NO3/c1-4-8-17(9-5-2)16(14(20)18-6-3)11-7-10-15(12-16,13-19)21-17/h19H,4-13H2,1-3H3,(H,18,20). The molecule has 2 rings (SSSR count). The lowest BCUT2D eigenvalue weighted by molar-refractivity contribution is -0.158. The maximum atomic E-state index is 12.9. The van der Waals surface area contributed by atoms with Crippen LogP contribution < -0.4 is 5.32 Å². The van der Waals surface area contributed by atoms with Gasteiger partial charge in [0.05, 0.1) is 23.2 Å². The normalized spacial score (nSPS) is 33.9. The van der Waals surface area contributed by atoms with Gasteiger partial charge in [-0.2, -0.15) is 0 Å². The van der Waals surface area contributed by atoms with Crippen molar-refractivity contribution >= 4 is 5.91 Å². The zero-order chi connectivity index (χ0) is 15.6. The number of amides is 1. The molecule has 4 heteroatoms. The van der Waals surface area contributed by atoms with Crippen LogP contribution >= 0.6 is 0 Å². The van der Waals surface area contributed by atoms with Crippen LogP contribution in [0.2, 0.25) is 0 Å². The lowest BCUT2D eigenvalue weighted by Crippen LogP contribution is -2.54. The molecule has 1 heterocycles. The van der Waals surface area contributed by atoms with E-state index >= 15 is 0 Å². The molecule has 1 amide bonds. The monoisotopic (exact) mass is 297 g/mol. The fourth-order valence-electron chi connectivity index (χ4n) is 4.84. The Kier molecular flexibility index (Phi) is 4.99. The minimum atomic E-state index is -0.492. The first kappa shape index (κ1) is 16.8. The van der Waals surface area contributed by atoms with Gasteiger partial charge in [0.15, 0.2) is 0 Å². The molecule has 1 aliphatic carbocycles. The van der Waals surface area contributed by atoms with Gasteiger partial charge in [0.25, 0.3) is 0 Å². The summed E-state index contributed by atoms with van der Waals surface area (Å²) >= 11 is 0. The third-order valence-corrected chi connectivity index (χ3v) is 5.51. The zero-order valence-corrected chi connectivity index (χ0v) is 13.8. The van der Waals surface area contributed by atoms with Crippen molar-refractivity contribution in [3.05, 3.63) is 0 Å². The van der Waals surface area contributed by atoms with Gasteiger partial charge in [0.1, 0.15) is 0 Å². The Hall–Kier alpha value is -0.610. The van der Waals surface area contributed by atoms with E-state index in [0.717, 1.165) is 44.9 Å². The number of nitrogens with one attached hydrogen (secondary N) is 1. The smallest absolute Gasteiger partial charge is 0.229 e. The predicted octanol–water partition coefficient (Wildman–Crippen LogP) is 2.78. The topological polar surface area (TPSA) is 58.6 Å². The average Bonchev–Trinajstić information content (AvgIpc) is 2.66. The van der Waals surface area contributed by atoms with Crippen LogP contribution in [-0.2, 0) is 9.53 Å². The summed E-state index contributed by atoms with van der Waals surface area (Å²) < 4.78 is 6.55. The van der Waals surface area contributed by atoms with E-state index in [1.807, 2.05) is 6.92 Å². The van der Waals surface area contributed by atoms with E-state index in [-0.39, 0.29) is 12.5 Å². The van der Waals surface area contributed by atoms with Gasteiger partial charge < -0.3 is 15.2 Å². The first-order valence-corrected chi connectivity index (χ1v) is 8.63. The number of rotatable bonds is 7. The van der Waals surface area contributed by atoms with E-state index in [9.17, 15) is 9.90 Å². The van der Waals surface area contributed by atoms with E-state index in [0.29, 0.717) is 13.0 Å². The molecule has 2 unspecified atom stereocenters. The Bertz CT molecular complexity index is 378. The largest absolute Gasteiger partial charge is 0.393 e. The zero-order valence-electron chi connectivity index (χ0n) is 13.8. The van der Waals surface area contributed by atoms with Gasteiger partial charge in [0, 0.05) is 6.54 Å². The summed E-state index contributed by atoms with van der Waals surface area (Å²) in [5.74, 6) is 0.141. The van der Waals surface area contributed by atoms with Crippen molar-refractivity contribution in [3.8, 4) is 0 Å². The van der Waals surface area contributed by atoms with Crippen LogP contribution in [0, 0.1) is 5.41 Å². The van der Waals surface area contributed by atoms with Crippen LogP contribution in [0.3, 0.4) is 0 Å². The molecule has 2 bridgehead atoms. The predicted molar refractivity (Wildman–Crippen MR) is 83.0 cm³/mol. The molecule has 1 saturated carbocycles. The fourth-order valence-corrected chi connectivity index (χ4v) is 4.84. The van der Waals surface area contributed by atoms with Crippen LogP contribution in [0.5, 0.6) is 0 Å². The Morgan fingerprint density at radius 2 is 1.86 bits per heavy atom. The molecule has 2 fully saturated rings. The number of carbonyl (C=O) groups excluding carboxylic acids is 1. The van der Waals surface area contributed by atoms with Crippen molar-refractivity contribution in [1.82, 2.24) is 5.32 Å². The molecule has 4 nitrogen and oxygen atoms in total. The summed E-state index contributed by atoms with van der Waals surface area (Å²) in [4.78, 5) is 12.9. The summed E-state index contributed by atoms with van der Waals surface area (Å²) in [6, 6.07) is 0. The second-order valence-corrected chi connectivity index (χ2v) is 6.91. The van der Waals surface area contributed by atoms with Crippen LogP contribution in [0.1, 0.15) is 72.1 Å². The lowest BCUT2D eigenvalue weighted by atomic mass is 9.60. The van der Waals surface area contributed by atoms with Crippen molar-refractivity contribution < 1.29 is 14.6 Å². The maximum Gasteiger partial charge on any atom is 0.229 e. The van der Waals surface area contributed by atoms with Gasteiger partial charge in [0.2, 0.25) is 5.91 Å². The molecule has 0 aromatic rings. The molecular weight excluding hydrogens is 266 g/mol. The highest BCUT2D eigenvalue weighted by molar-refractivity contribution is 5.85. The van der Waals surface area contributed by atoms with E-state index < -0.39 is 16.6 Å². The van der Waals surface area contributed by atoms with Crippen molar-refractivity contribution in [1.29, 1.82) is 0 Å². The minimum Gasteiger partial charge on any atom is -0.393 e. The number of aliphatic hydroxyl groups excluding tert-OH is 1. The quantitative estimate of drug-likeness (QED) is 0.759. The molecule has 2 aliphatic rings. The van der Waals surface area contributed by atoms with Crippen LogP contribution in [0.4, 0.5) is 0 Å². The summed E-state index contributed by atoms with van der Waals surface area (Å²) in [7, 11) is 0. The van der Waals surface area contributed by atoms with Crippen LogP contribution in [-0.4, -0.2) is 35.4 Å². The molecule has 0 radical (unpaired) electrons. The van der Waals surface area contributed by atoms with Gasteiger partial charge in [-0.1, -0.05) is 26.7 Å². The Morgan fingerprint density at radius 3 is 2.38 bits per heavy atom. The summed E-state index contributed by atoms with van der Waals surface area (Å²) in [5.41, 5.74) is -1.33. The van der Waals surface area contributed by atoms with Crippen molar-refractivity contribution in [2.75, 3.05) is 13.2 Å². The summed E-state index contributed by atoms with van der Waals surface area (Å²) in [5, 5.41) is 13.0. The minimum absolute atomic E-state index is 0.0311. The third-order valence-electron chi connectivity index (χ3n) is 5.51. The number of fused-ring (bicyclic) bond motifs is 2. The summed E-state index contributed by atoms with van der Waals surface area (Å²) in [6.45, 7) is 6.96. The molecule has 21 heavy (non-hydrogen) atoms. The molecule has 0 spiro atoms. The van der Waals surface area contributed by atoms with Gasteiger partial charge in [-0.25, -0.2) is 0 Å². The molecule has 1 aliphatic heterocycles.